The molecule has 0 saturated heterocycles. The molecule has 28 nitrogen and oxygen atoms in total. The summed E-state index contributed by atoms with van der Waals surface area (Å²) in [6, 6.07) is 64.9. The van der Waals surface area contributed by atoms with Gasteiger partial charge in [0.05, 0.1) is 68.8 Å². The molecule has 136 heavy (non-hydrogen) atoms. The monoisotopic (exact) mass is 1880 g/mol. The number of aromatic nitrogens is 13. The normalized spacial score (nSPS) is 12.2. The smallest absolute Gasteiger partial charge is 0.268 e. The summed E-state index contributed by atoms with van der Waals surface area (Å²) < 4.78 is 64.8. The lowest BCUT2D eigenvalue weighted by Gasteiger charge is -2.21. The van der Waals surface area contributed by atoms with Gasteiger partial charge >= 0.3 is 0 Å². The maximum absolute atomic E-state index is 13.3. The fraction of sp³-hybridized carbons (Fsp3) is 0.223. The van der Waals surface area contributed by atoms with E-state index in [4.69, 9.17) is 67.1 Å². The number of rotatable bonds is 19. The van der Waals surface area contributed by atoms with E-state index in [-0.39, 0.29) is 34.6 Å². The number of nitrogens with two attached hydrogens (primary N) is 6. The maximum atomic E-state index is 13.3. The third kappa shape index (κ3) is 23.7. The number of methoxy groups -OCH3 is 2. The van der Waals surface area contributed by atoms with E-state index in [9.17, 15) is 17.2 Å². The molecular weight excluding hydrogens is 1780 g/mol. The standard InChI is InChI=1S/C21H19N5O2S.2C21H24N4O.C15H18N4.C13H12Cl2N4.C12H11F2N3/c22-21-24-19(16-10-6-12-23-20(16)25-21)17-13-26(18-11-5-4-9-15(17)18)29(27,28)14-7-2-1-3-8-14;1-14-7-6-9-17(15(14)2)18-13-20(25-21(22)24-18)23-12-11-16-8-4-5-10-19(16)26-3;1-14-5-4-6-18(15(14)2)19-13-20(25-21(22)24-19)23-12-11-16-7-9-17(26-3)10-8-16;1-9-5-3-6-11(10(9)2)13-12-7-4-8-17-14(12)19-15(16)18-13;14-9-5-1-3-7(10(9)15)11-8-4-2-6-17-12(8)19-13(16)18-11;1-2-10-6-11(17-12(15)16-10)7-3-8(13)5-9(14)4-7/h1-5,7-9,11,13H,6,10,12H2,(H3,22,23,24,25);2*4-10,13H,11-12H2,1-3H3,(H3,22,23,24,25);3,5-6H,4,7-8H2,1-2H3,(H3,16,17,18,19);1,3,5H,2,4,6H2,(H3,16,17,18,19);3-6H,2H2,1H3,(H2,15,16,17). The topological polar surface area (TPSA) is 428 Å². The van der Waals surface area contributed by atoms with Crippen molar-refractivity contribution in [1.29, 1.82) is 0 Å². The number of anilines is 11. The molecule has 33 heteroatoms. The number of hydrogen-bond donors (Lipinski definition) is 11. The van der Waals surface area contributed by atoms with Crippen LogP contribution in [0.1, 0.15) is 93.1 Å². The first kappa shape index (κ1) is 96.8. The van der Waals surface area contributed by atoms with Gasteiger partial charge in [0.2, 0.25) is 35.7 Å². The number of nitrogens with zero attached hydrogens (tertiary/aromatic N) is 13. The van der Waals surface area contributed by atoms with Crippen LogP contribution in [0.3, 0.4) is 0 Å². The summed E-state index contributed by atoms with van der Waals surface area (Å²) in [5.41, 5.74) is 59.0. The number of ether oxygens (including phenoxy) is 2. The number of para-hydroxylation sites is 2. The van der Waals surface area contributed by atoms with Gasteiger partial charge < -0.3 is 70.5 Å². The summed E-state index contributed by atoms with van der Waals surface area (Å²) in [6.45, 7) is 18.7. The van der Waals surface area contributed by atoms with Gasteiger partial charge in [-0.1, -0.05) is 164 Å². The zero-order chi connectivity index (χ0) is 96.3. The molecule has 0 spiro atoms. The van der Waals surface area contributed by atoms with E-state index in [1.54, 1.807) is 68.9 Å². The van der Waals surface area contributed by atoms with Crippen LogP contribution in [0, 0.1) is 53.2 Å². The molecule has 0 saturated carbocycles. The minimum absolute atomic E-state index is 0.101. The average Bonchev–Trinajstić information content (AvgIpc) is 1.59. The van der Waals surface area contributed by atoms with Crippen molar-refractivity contribution < 1.29 is 26.7 Å². The Labute approximate surface area is 799 Å². The number of nitrogens with one attached hydrogen (secondary N) is 5. The van der Waals surface area contributed by atoms with Gasteiger partial charge in [-0.3, -0.25) is 0 Å². The summed E-state index contributed by atoms with van der Waals surface area (Å²) in [7, 11) is -0.399. The fourth-order valence-corrected chi connectivity index (χ4v) is 17.8. The van der Waals surface area contributed by atoms with Crippen LogP contribution in [0.5, 0.6) is 11.5 Å². The molecule has 16 aromatic rings. The van der Waals surface area contributed by atoms with Gasteiger partial charge in [-0.15, -0.1) is 0 Å². The molecule has 0 atom stereocenters. The molecule has 0 radical (unpaired) electrons. The first-order chi connectivity index (χ1) is 65.6. The number of halogens is 4. The molecule has 3 aliphatic heterocycles. The highest BCUT2D eigenvalue weighted by Crippen LogP contribution is 2.41. The molecule has 0 unspecified atom stereocenters. The van der Waals surface area contributed by atoms with Crippen LogP contribution in [0.2, 0.25) is 10.0 Å². The van der Waals surface area contributed by atoms with Crippen molar-refractivity contribution in [2.45, 2.75) is 111 Å². The molecule has 0 aliphatic carbocycles. The Hall–Kier alpha value is -15.2. The van der Waals surface area contributed by atoms with E-state index in [0.29, 0.717) is 44.9 Å². The average molecular weight is 1890 g/mol. The molecule has 19 rings (SSSR count). The molecule has 7 aromatic heterocycles. The lowest BCUT2D eigenvalue weighted by molar-refractivity contribution is 0.410. The molecule has 17 N–H and O–H groups in total. The minimum Gasteiger partial charge on any atom is -0.497 e. The minimum atomic E-state index is -3.76. The van der Waals surface area contributed by atoms with Crippen LogP contribution in [-0.4, -0.2) is 119 Å². The highest BCUT2D eigenvalue weighted by Gasteiger charge is 2.28. The Kier molecular flexibility index (Phi) is 31.7. The summed E-state index contributed by atoms with van der Waals surface area (Å²) >= 11 is 12.3. The van der Waals surface area contributed by atoms with Gasteiger partial charge in [0.15, 0.2) is 0 Å². The van der Waals surface area contributed by atoms with E-state index in [0.717, 1.165) is 209 Å². The lowest BCUT2D eigenvalue weighted by atomic mass is 9.95. The van der Waals surface area contributed by atoms with Crippen molar-refractivity contribution in [2.24, 2.45) is 0 Å². The number of hydrogen-bond acceptors (Lipinski definition) is 27. The molecule has 10 heterocycles. The highest BCUT2D eigenvalue weighted by atomic mass is 35.5. The van der Waals surface area contributed by atoms with Crippen molar-refractivity contribution in [3.05, 3.63) is 307 Å². The van der Waals surface area contributed by atoms with Crippen molar-refractivity contribution in [3.63, 3.8) is 0 Å². The SMILES string of the molecule is CCc1cc(-c2cc(F)cc(F)c2)nc(N)n1.COc1ccc(CCNc2cc(-c3cccc(C)c3C)nc(N)n2)cc1.COc1ccccc1CCNc1cc(-c2cccc(C)c2C)nc(N)n1.Cc1cccc(-c2nc(N)nc3c2CCCN3)c1C.Nc1nc2c(c(-c3cccc(Cl)c3Cl)n1)CCCN2.Nc1nc2c(c(-c3cn(S(=O)(=O)c4ccccc4)c4ccccc34)n1)CCCN2. The van der Waals surface area contributed by atoms with Crippen LogP contribution < -0.4 is 70.5 Å². The Morgan fingerprint density at radius 1 is 0.434 bits per heavy atom. The first-order valence-corrected chi connectivity index (χ1v) is 46.7. The molecule has 3 aliphatic rings. The van der Waals surface area contributed by atoms with Gasteiger partial charge in [0, 0.05) is 118 Å². The Morgan fingerprint density at radius 2 is 0.882 bits per heavy atom. The van der Waals surface area contributed by atoms with Crippen molar-refractivity contribution in [1.82, 2.24) is 63.8 Å². The summed E-state index contributed by atoms with van der Waals surface area (Å²) in [5, 5.41) is 18.3. The van der Waals surface area contributed by atoms with Gasteiger partial charge in [0.25, 0.3) is 10.0 Å². The van der Waals surface area contributed by atoms with E-state index >= 15 is 0 Å². The third-order valence-electron chi connectivity index (χ3n) is 23.4. The second-order valence-electron chi connectivity index (χ2n) is 32.5. The molecule has 0 bridgehead atoms. The van der Waals surface area contributed by atoms with Crippen molar-refractivity contribution in [3.8, 4) is 79.0 Å². The largest absolute Gasteiger partial charge is 0.497 e. The van der Waals surface area contributed by atoms with E-state index in [2.05, 4.69) is 189 Å². The van der Waals surface area contributed by atoms with Crippen LogP contribution in [0.25, 0.3) is 78.4 Å². The van der Waals surface area contributed by atoms with Crippen LogP contribution in [0.15, 0.2) is 223 Å². The van der Waals surface area contributed by atoms with Crippen molar-refractivity contribution in [2.75, 3.05) is 108 Å². The second-order valence-corrected chi connectivity index (χ2v) is 35.1. The predicted molar refractivity (Wildman–Crippen MR) is 544 cm³/mol. The Balaban J connectivity index is 0.000000132. The van der Waals surface area contributed by atoms with E-state index in [1.807, 2.05) is 91.9 Å². The zero-order valence-corrected chi connectivity index (χ0v) is 79.3. The van der Waals surface area contributed by atoms with Crippen molar-refractivity contribution >= 4 is 109 Å². The number of aryl methyl sites for hydroxylation is 4. The zero-order valence-electron chi connectivity index (χ0n) is 77.0. The Morgan fingerprint density at radius 3 is 1.41 bits per heavy atom. The summed E-state index contributed by atoms with van der Waals surface area (Å²) in [5.74, 6) is 5.73. The quantitative estimate of drug-likeness (QED) is 0.0358. The molecular formula is C103H108Cl2F2N24O4S. The first-order valence-electron chi connectivity index (χ1n) is 44.5. The molecule has 0 amide bonds. The van der Waals surface area contributed by atoms with Crippen LogP contribution in [0.4, 0.5) is 73.6 Å². The van der Waals surface area contributed by atoms with Gasteiger partial charge in [-0.2, -0.15) is 24.9 Å². The van der Waals surface area contributed by atoms with Crippen LogP contribution >= 0.6 is 23.2 Å². The molecule has 0 fully saturated rings. The number of nitrogen functional groups attached to an aromatic ring is 6. The summed E-state index contributed by atoms with van der Waals surface area (Å²) in [4.78, 5) is 51.8. The third-order valence-corrected chi connectivity index (χ3v) is 25.9. The maximum Gasteiger partial charge on any atom is 0.268 e. The highest BCUT2D eigenvalue weighted by molar-refractivity contribution is 7.90. The second kappa shape index (κ2) is 44.5. The summed E-state index contributed by atoms with van der Waals surface area (Å²) in [6.07, 6.45) is 9.84. The predicted octanol–water partition coefficient (Wildman–Crippen LogP) is 19.9. The number of fused-ring (bicyclic) bond motifs is 4. The van der Waals surface area contributed by atoms with Crippen LogP contribution in [-0.2, 0) is 48.5 Å². The van der Waals surface area contributed by atoms with Gasteiger partial charge in [-0.05, 0) is 205 Å². The van der Waals surface area contributed by atoms with Gasteiger partial charge in [-0.25, -0.2) is 56.1 Å². The van der Waals surface area contributed by atoms with Gasteiger partial charge in [0.1, 0.15) is 52.2 Å². The Bertz CT molecular complexity index is 6970. The molecule has 698 valence electrons. The van der Waals surface area contributed by atoms with E-state index in [1.165, 1.54) is 60.6 Å². The number of benzene rings is 9. The van der Waals surface area contributed by atoms with E-state index < -0.39 is 21.7 Å². The fourth-order valence-electron chi connectivity index (χ4n) is 16.0. The lowest BCUT2D eigenvalue weighted by Crippen LogP contribution is -2.16. The molecule has 9 aromatic carbocycles.